The molecule has 0 aliphatic carbocycles. The van der Waals surface area contributed by atoms with Crippen molar-refractivity contribution in [3.05, 3.63) is 48.6 Å². The first-order valence-electron chi connectivity index (χ1n) is 21.7. The third-order valence-electron chi connectivity index (χ3n) is 9.19. The molecular weight excluding hydrogens is 733 g/mol. The summed E-state index contributed by atoms with van der Waals surface area (Å²) in [7, 11) is -4.72. The molecule has 0 rings (SSSR count). The number of rotatable bonds is 40. The van der Waals surface area contributed by atoms with Gasteiger partial charge in [-0.25, -0.2) is 4.57 Å². The van der Waals surface area contributed by atoms with Crippen molar-refractivity contribution in [1.29, 1.82) is 0 Å². The van der Waals surface area contributed by atoms with Crippen molar-refractivity contribution in [1.82, 2.24) is 0 Å². The number of phosphoric acid groups is 1. The molecule has 4 N–H and O–H groups in total. The van der Waals surface area contributed by atoms with E-state index in [0.29, 0.717) is 12.8 Å². The van der Waals surface area contributed by atoms with E-state index in [0.717, 1.165) is 57.8 Å². The van der Waals surface area contributed by atoms with Crippen molar-refractivity contribution in [2.75, 3.05) is 19.8 Å². The molecular formula is C44H78NO10P. The average molecular weight is 812 g/mol. The number of carboxylic acid groups (broad SMARTS) is 1. The van der Waals surface area contributed by atoms with E-state index in [9.17, 15) is 23.8 Å². The average Bonchev–Trinajstić information content (AvgIpc) is 3.17. The number of carbonyl (C=O) groups is 3. The number of nitrogens with two attached hydrogens (primary N) is 1. The Morgan fingerprint density at radius 2 is 1.00 bits per heavy atom. The van der Waals surface area contributed by atoms with Crippen LogP contribution in [0.1, 0.15) is 181 Å². The molecule has 0 spiro atoms. The Labute approximate surface area is 339 Å². The molecule has 1 unspecified atom stereocenters. The van der Waals surface area contributed by atoms with E-state index in [-0.39, 0.29) is 19.4 Å². The fourth-order valence-electron chi connectivity index (χ4n) is 5.78. The first kappa shape index (κ1) is 53.4. The molecule has 0 aromatic carbocycles. The van der Waals surface area contributed by atoms with Crippen LogP contribution in [-0.4, -0.2) is 59.9 Å². The van der Waals surface area contributed by atoms with Crippen LogP contribution in [0, 0.1) is 0 Å². The molecule has 11 nitrogen and oxygen atoms in total. The topological polar surface area (TPSA) is 172 Å². The van der Waals surface area contributed by atoms with Crippen LogP contribution in [0.15, 0.2) is 48.6 Å². The number of allylic oxidation sites excluding steroid dienone is 8. The molecule has 0 aromatic rings. The Balaban J connectivity index is 4.38. The maximum Gasteiger partial charge on any atom is 0.472 e. The van der Waals surface area contributed by atoms with Gasteiger partial charge in [0.05, 0.1) is 13.2 Å². The number of unbranched alkanes of at least 4 members (excludes halogenated alkanes) is 21. The van der Waals surface area contributed by atoms with Gasteiger partial charge in [0.2, 0.25) is 0 Å². The summed E-state index contributed by atoms with van der Waals surface area (Å²) in [6.07, 6.45) is 43.2. The van der Waals surface area contributed by atoms with Crippen molar-refractivity contribution in [3.63, 3.8) is 0 Å². The fraction of sp³-hybridized carbons (Fsp3) is 0.750. The third-order valence-corrected chi connectivity index (χ3v) is 10.1. The maximum atomic E-state index is 12.6. The number of hydrogen-bond acceptors (Lipinski definition) is 9. The lowest BCUT2D eigenvalue weighted by molar-refractivity contribution is -0.161. The third kappa shape index (κ3) is 38.3. The van der Waals surface area contributed by atoms with Crippen LogP contribution in [-0.2, 0) is 37.5 Å². The van der Waals surface area contributed by atoms with E-state index in [1.54, 1.807) is 0 Å². The van der Waals surface area contributed by atoms with Crippen LogP contribution < -0.4 is 5.73 Å². The molecule has 324 valence electrons. The minimum Gasteiger partial charge on any atom is -0.480 e. The molecule has 0 saturated carbocycles. The van der Waals surface area contributed by atoms with Crippen molar-refractivity contribution in [3.8, 4) is 0 Å². The lowest BCUT2D eigenvalue weighted by Gasteiger charge is -2.20. The second-order valence-corrected chi connectivity index (χ2v) is 16.0. The number of carboxylic acids is 1. The fourth-order valence-corrected chi connectivity index (χ4v) is 6.56. The van der Waals surface area contributed by atoms with Gasteiger partial charge in [-0.15, -0.1) is 0 Å². The molecule has 0 aliphatic rings. The van der Waals surface area contributed by atoms with E-state index < -0.39 is 51.1 Å². The van der Waals surface area contributed by atoms with Gasteiger partial charge >= 0.3 is 25.7 Å². The van der Waals surface area contributed by atoms with Crippen molar-refractivity contribution < 1.29 is 47.5 Å². The molecule has 0 bridgehead atoms. The van der Waals surface area contributed by atoms with Crippen molar-refractivity contribution >= 4 is 25.7 Å². The highest BCUT2D eigenvalue weighted by Crippen LogP contribution is 2.43. The van der Waals surface area contributed by atoms with Gasteiger partial charge in [0.25, 0.3) is 0 Å². The molecule has 0 heterocycles. The van der Waals surface area contributed by atoms with E-state index >= 15 is 0 Å². The molecule has 0 saturated heterocycles. The summed E-state index contributed by atoms with van der Waals surface area (Å²) in [6, 6.07) is -1.53. The summed E-state index contributed by atoms with van der Waals surface area (Å²) in [5.41, 5.74) is 5.33. The van der Waals surface area contributed by atoms with Gasteiger partial charge in [-0.1, -0.05) is 184 Å². The Bertz CT molecular complexity index is 1140. The van der Waals surface area contributed by atoms with Crippen molar-refractivity contribution in [2.24, 2.45) is 5.73 Å². The molecule has 56 heavy (non-hydrogen) atoms. The summed E-state index contributed by atoms with van der Waals surface area (Å²) in [4.78, 5) is 45.9. The van der Waals surface area contributed by atoms with Crippen LogP contribution in [0.25, 0.3) is 0 Å². The van der Waals surface area contributed by atoms with E-state index in [4.69, 9.17) is 24.8 Å². The summed E-state index contributed by atoms with van der Waals surface area (Å²) in [5.74, 6) is -2.41. The van der Waals surface area contributed by atoms with Gasteiger partial charge in [0.1, 0.15) is 12.6 Å². The zero-order valence-electron chi connectivity index (χ0n) is 35.0. The van der Waals surface area contributed by atoms with Crippen LogP contribution in [0.4, 0.5) is 0 Å². The largest absolute Gasteiger partial charge is 0.480 e. The summed E-state index contributed by atoms with van der Waals surface area (Å²) in [6.45, 7) is 2.65. The van der Waals surface area contributed by atoms with Crippen molar-refractivity contribution in [2.45, 2.75) is 193 Å². The number of carbonyl (C=O) groups excluding carboxylic acids is 2. The lowest BCUT2D eigenvalue weighted by Crippen LogP contribution is -2.34. The molecule has 3 atom stereocenters. The zero-order valence-corrected chi connectivity index (χ0v) is 35.9. The molecule has 12 heteroatoms. The molecule has 0 fully saturated rings. The minimum atomic E-state index is -4.72. The van der Waals surface area contributed by atoms with Gasteiger partial charge in [0.15, 0.2) is 6.10 Å². The predicted molar refractivity (Wildman–Crippen MR) is 226 cm³/mol. The lowest BCUT2D eigenvalue weighted by atomic mass is 10.0. The number of phosphoric ester groups is 1. The van der Waals surface area contributed by atoms with Crippen LogP contribution in [0.3, 0.4) is 0 Å². The Hall–Kier alpha value is -2.56. The first-order valence-corrected chi connectivity index (χ1v) is 23.2. The minimum absolute atomic E-state index is 0.135. The second kappa shape index (κ2) is 39.3. The molecule has 0 aromatic heterocycles. The number of esters is 2. The van der Waals surface area contributed by atoms with Gasteiger partial charge < -0.3 is 25.2 Å². The SMILES string of the molecule is CC/C=C/C=C/C=C/C=C/CCCCCCCC(=O)O[C@H](COC(=O)CCCCCCCCCCCCCCCCCCC)COP(=O)(O)OC[C@H](N)C(=O)O. The van der Waals surface area contributed by atoms with Crippen LogP contribution in [0.5, 0.6) is 0 Å². The van der Waals surface area contributed by atoms with Gasteiger partial charge in [-0.05, 0) is 32.1 Å². The van der Waals surface area contributed by atoms with Gasteiger partial charge in [0, 0.05) is 12.8 Å². The predicted octanol–water partition coefficient (Wildman–Crippen LogP) is 11.4. The number of aliphatic carboxylic acids is 1. The summed E-state index contributed by atoms with van der Waals surface area (Å²) < 4.78 is 32.7. The van der Waals surface area contributed by atoms with E-state index in [1.165, 1.54) is 83.5 Å². The van der Waals surface area contributed by atoms with Crippen LogP contribution in [0.2, 0.25) is 0 Å². The Morgan fingerprint density at radius 3 is 1.50 bits per heavy atom. The van der Waals surface area contributed by atoms with Crippen LogP contribution >= 0.6 is 7.82 Å². The number of hydrogen-bond donors (Lipinski definition) is 3. The maximum absolute atomic E-state index is 12.6. The molecule has 0 radical (unpaired) electrons. The highest BCUT2D eigenvalue weighted by Gasteiger charge is 2.28. The highest BCUT2D eigenvalue weighted by molar-refractivity contribution is 7.47. The normalized spacial score (nSPS) is 14.2. The smallest absolute Gasteiger partial charge is 0.472 e. The Morgan fingerprint density at radius 1 is 0.571 bits per heavy atom. The Kier molecular flexibility index (Phi) is 37.5. The highest BCUT2D eigenvalue weighted by atomic mass is 31.2. The number of ether oxygens (including phenoxy) is 2. The summed E-state index contributed by atoms with van der Waals surface area (Å²) >= 11 is 0. The van der Waals surface area contributed by atoms with E-state index in [2.05, 4.69) is 30.5 Å². The quantitative estimate of drug-likeness (QED) is 0.0233. The molecule has 0 amide bonds. The molecule has 0 aliphatic heterocycles. The summed E-state index contributed by atoms with van der Waals surface area (Å²) in [5, 5.41) is 8.88. The standard InChI is InChI=1S/C44H78NO10P/c1-3-5-7-9-11-13-15-17-19-20-22-23-25-27-29-31-33-35-42(46)52-37-40(38-53-56(50,51)54-39-41(45)44(48)49)55-43(47)36-34-32-30-28-26-24-21-18-16-14-12-10-8-6-4-2/h6,8,10,12,14,16,18,21,40-41H,3-5,7,9,11,13,15,17,19-20,22-39,45H2,1-2H3,(H,48,49)(H,50,51)/b8-6+,12-10+,16-14+,21-18+/t40-,41+/m1/s1. The first-order chi connectivity index (χ1) is 27.1. The van der Waals surface area contributed by atoms with E-state index in [1.807, 2.05) is 36.5 Å². The second-order valence-electron chi connectivity index (χ2n) is 14.5. The van der Waals surface area contributed by atoms with Gasteiger partial charge in [-0.2, -0.15) is 0 Å². The zero-order chi connectivity index (χ0) is 41.4. The monoisotopic (exact) mass is 812 g/mol. The van der Waals surface area contributed by atoms with Gasteiger partial charge in [-0.3, -0.25) is 23.4 Å².